The van der Waals surface area contributed by atoms with Crippen molar-refractivity contribution in [3.63, 3.8) is 0 Å². The molecule has 0 unspecified atom stereocenters. The van der Waals surface area contributed by atoms with Crippen LogP contribution in [0.4, 0.5) is 0 Å². The monoisotopic (exact) mass is 745 g/mol. The van der Waals surface area contributed by atoms with Gasteiger partial charge in [-0.2, -0.15) is 0 Å². The van der Waals surface area contributed by atoms with Crippen LogP contribution >= 0.6 is 0 Å². The normalized spacial score (nSPS) is 40.0. The maximum absolute atomic E-state index is 13.7. The van der Waals surface area contributed by atoms with E-state index in [9.17, 15) is 35.1 Å². The number of rotatable bonds is 6. The lowest BCUT2D eigenvalue weighted by atomic mass is 9.77. The van der Waals surface area contributed by atoms with Gasteiger partial charge in [-0.25, -0.2) is 4.79 Å². The van der Waals surface area contributed by atoms with Crippen LogP contribution in [0.2, 0.25) is 0 Å². The van der Waals surface area contributed by atoms with E-state index in [1.54, 1.807) is 33.8 Å². The number of cyclic esters (lactones) is 1. The molecular formula is C40H63N3O10. The number of nitrogens with zero attached hydrogens (tertiary/aromatic N) is 3. The highest BCUT2D eigenvalue weighted by Gasteiger charge is 2.51. The van der Waals surface area contributed by atoms with Crippen molar-refractivity contribution in [3.8, 4) is 0 Å². The summed E-state index contributed by atoms with van der Waals surface area (Å²) >= 11 is 0. The molecule has 4 rings (SSSR count). The summed E-state index contributed by atoms with van der Waals surface area (Å²) in [7, 11) is 5.64. The van der Waals surface area contributed by atoms with Crippen LogP contribution in [0.25, 0.3) is 10.9 Å². The number of carbonyl (C=O) groups is 2. The third kappa shape index (κ3) is 9.21. The second-order valence-electron chi connectivity index (χ2n) is 16.6. The van der Waals surface area contributed by atoms with Crippen molar-refractivity contribution < 1.29 is 49.3 Å². The number of carbonyl (C=O) groups excluding carboxylic acids is 1. The van der Waals surface area contributed by atoms with E-state index in [2.05, 4.69) is 0 Å². The van der Waals surface area contributed by atoms with Crippen LogP contribution in [-0.4, -0.2) is 140 Å². The van der Waals surface area contributed by atoms with E-state index in [0.29, 0.717) is 23.9 Å². The van der Waals surface area contributed by atoms with Gasteiger partial charge in [0.05, 0.1) is 52.5 Å². The molecule has 53 heavy (non-hydrogen) atoms. The largest absolute Gasteiger partial charge is 0.478 e. The van der Waals surface area contributed by atoms with Crippen molar-refractivity contribution in [2.75, 3.05) is 27.7 Å². The van der Waals surface area contributed by atoms with Crippen LogP contribution in [0.1, 0.15) is 96.6 Å². The fraction of sp³-hybridized carbons (Fsp3) is 0.725. The Hall–Kier alpha value is -2.75. The summed E-state index contributed by atoms with van der Waals surface area (Å²) < 4.78 is 19.2. The SMILES string of the molecule is CC[C@H]1OC(=O)[C@H](C)[C@@H](O)[C@H](C)[C@@H](O[C@@H]2O[C@H](C)C[C@H](N(C)C)[C@@H]2c2nc3ccccc3cc2C(=O)O)[C@](C)(O)C[C@@H](C)CN(C)[C@H](C)[C@@H](O)[C@]1(C)O. The molecule has 0 amide bonds. The number of hydrogen-bond acceptors (Lipinski definition) is 12. The Labute approximate surface area is 314 Å². The first kappa shape index (κ1) is 43.0. The van der Waals surface area contributed by atoms with E-state index in [0.717, 1.165) is 0 Å². The molecule has 0 bridgehead atoms. The van der Waals surface area contributed by atoms with Gasteiger partial charge in [0, 0.05) is 29.9 Å². The van der Waals surface area contributed by atoms with Gasteiger partial charge < -0.3 is 49.5 Å². The molecule has 2 aliphatic heterocycles. The fourth-order valence-corrected chi connectivity index (χ4v) is 8.64. The molecule has 5 N–H and O–H groups in total. The molecule has 1 aromatic heterocycles. The molecule has 14 atom stereocenters. The predicted octanol–water partition coefficient (Wildman–Crippen LogP) is 3.64. The minimum absolute atomic E-state index is 0.0138. The summed E-state index contributed by atoms with van der Waals surface area (Å²) in [5.41, 5.74) is -2.50. The molecule has 2 fully saturated rings. The smallest absolute Gasteiger partial charge is 0.337 e. The van der Waals surface area contributed by atoms with E-state index in [1.807, 2.05) is 69.1 Å². The molecule has 3 heterocycles. The van der Waals surface area contributed by atoms with Gasteiger partial charge in [-0.05, 0) is 93.1 Å². The molecule has 2 aliphatic rings. The molecule has 2 saturated heterocycles. The average Bonchev–Trinajstić information content (AvgIpc) is 3.09. The molecule has 0 spiro atoms. The molecular weight excluding hydrogens is 682 g/mol. The van der Waals surface area contributed by atoms with Crippen molar-refractivity contribution in [1.29, 1.82) is 0 Å². The van der Waals surface area contributed by atoms with Crippen molar-refractivity contribution in [1.82, 2.24) is 14.8 Å². The summed E-state index contributed by atoms with van der Waals surface area (Å²) in [6.07, 6.45) is -5.35. The van der Waals surface area contributed by atoms with Crippen LogP contribution in [-0.2, 0) is 19.0 Å². The lowest BCUT2D eigenvalue weighted by Crippen LogP contribution is -2.59. The van der Waals surface area contributed by atoms with E-state index >= 15 is 0 Å². The molecule has 13 heteroatoms. The van der Waals surface area contributed by atoms with Gasteiger partial charge in [-0.3, -0.25) is 9.78 Å². The Morgan fingerprint density at radius 2 is 1.74 bits per heavy atom. The zero-order valence-corrected chi connectivity index (χ0v) is 33.3. The van der Waals surface area contributed by atoms with Gasteiger partial charge >= 0.3 is 11.9 Å². The number of hydrogen-bond donors (Lipinski definition) is 5. The minimum Gasteiger partial charge on any atom is -0.478 e. The lowest BCUT2D eigenvalue weighted by molar-refractivity contribution is -0.275. The van der Waals surface area contributed by atoms with Gasteiger partial charge in [0.1, 0.15) is 17.8 Å². The standard InChI is InChI=1S/C40H63N3O10/c1-12-30-40(8,50)34(45)25(6)43(11)20-21(2)19-39(7,49)35(23(4)33(44)24(5)37(48)52-30)53-38-31(29(42(9)10)17-22(3)51-38)32-27(36(46)47)18-26-15-13-14-16-28(26)41-32/h13-16,18,21-25,29-31,33-35,38,44-45,49-50H,12,17,19-20H2,1-11H3,(H,46,47)/t21-,22-,23+,24-,25-,29+,30-,31-,33+,34-,35-,38+,39-,40-/m1/s1. The van der Waals surface area contributed by atoms with E-state index in [4.69, 9.17) is 19.2 Å². The molecule has 298 valence electrons. The number of esters is 1. The zero-order valence-electron chi connectivity index (χ0n) is 33.3. The number of carboxylic acid groups (broad SMARTS) is 1. The number of ether oxygens (including phenoxy) is 3. The number of aliphatic hydroxyl groups excluding tert-OH is 2. The summed E-state index contributed by atoms with van der Waals surface area (Å²) in [6.45, 7) is 14.1. The highest BCUT2D eigenvalue weighted by Crippen LogP contribution is 2.42. The second kappa shape index (κ2) is 16.9. The first-order valence-electron chi connectivity index (χ1n) is 18.9. The minimum atomic E-state index is -1.80. The van der Waals surface area contributed by atoms with Crippen molar-refractivity contribution in [2.24, 2.45) is 17.8 Å². The second-order valence-corrected chi connectivity index (χ2v) is 16.6. The summed E-state index contributed by atoms with van der Waals surface area (Å²) in [4.78, 5) is 35.3. The Morgan fingerprint density at radius 1 is 1.09 bits per heavy atom. The van der Waals surface area contributed by atoms with Crippen molar-refractivity contribution in [3.05, 3.63) is 41.6 Å². The Kier molecular flexibility index (Phi) is 13.7. The fourth-order valence-electron chi connectivity index (χ4n) is 8.64. The van der Waals surface area contributed by atoms with E-state index < -0.39 is 77.6 Å². The van der Waals surface area contributed by atoms with Crippen LogP contribution in [0, 0.1) is 17.8 Å². The summed E-state index contributed by atoms with van der Waals surface area (Å²) in [5, 5.41) is 58.3. The zero-order chi connectivity index (χ0) is 39.7. The third-order valence-corrected chi connectivity index (χ3v) is 11.8. The first-order valence-corrected chi connectivity index (χ1v) is 18.9. The van der Waals surface area contributed by atoms with E-state index in [-0.39, 0.29) is 42.2 Å². The molecule has 1 aromatic carbocycles. The highest BCUT2D eigenvalue weighted by molar-refractivity contribution is 5.94. The Bertz CT molecular complexity index is 1570. The molecule has 13 nitrogen and oxygen atoms in total. The topological polar surface area (TPSA) is 182 Å². The number of carboxylic acids is 1. The summed E-state index contributed by atoms with van der Waals surface area (Å²) in [5.74, 6) is -4.82. The molecule has 0 radical (unpaired) electrons. The number of fused-ring (bicyclic) bond motifs is 1. The number of aliphatic hydroxyl groups is 4. The number of aromatic carboxylic acids is 1. The summed E-state index contributed by atoms with van der Waals surface area (Å²) in [6, 6.07) is 8.06. The Balaban J connectivity index is 1.85. The molecule has 0 aliphatic carbocycles. The number of likely N-dealkylation sites (N-methyl/N-ethyl adjacent to an activating group) is 2. The van der Waals surface area contributed by atoms with Crippen LogP contribution in [0.15, 0.2) is 30.3 Å². The number of para-hydroxylation sites is 1. The van der Waals surface area contributed by atoms with Crippen LogP contribution in [0.5, 0.6) is 0 Å². The maximum atomic E-state index is 13.7. The number of aromatic nitrogens is 1. The average molecular weight is 746 g/mol. The molecule has 2 aromatic rings. The lowest BCUT2D eigenvalue weighted by Gasteiger charge is -2.48. The maximum Gasteiger partial charge on any atom is 0.337 e. The van der Waals surface area contributed by atoms with Gasteiger partial charge in [0.25, 0.3) is 0 Å². The van der Waals surface area contributed by atoms with Crippen molar-refractivity contribution >= 4 is 22.8 Å². The first-order chi connectivity index (χ1) is 24.6. The predicted molar refractivity (Wildman–Crippen MR) is 200 cm³/mol. The van der Waals surface area contributed by atoms with E-state index in [1.165, 1.54) is 13.8 Å². The van der Waals surface area contributed by atoms with Gasteiger partial charge in [-0.1, -0.05) is 39.0 Å². The van der Waals surface area contributed by atoms with Gasteiger partial charge in [0.15, 0.2) is 6.29 Å². The highest BCUT2D eigenvalue weighted by atomic mass is 16.7. The number of benzene rings is 1. The van der Waals surface area contributed by atoms with Crippen LogP contribution < -0.4 is 0 Å². The number of pyridine rings is 1. The van der Waals surface area contributed by atoms with Crippen LogP contribution in [0.3, 0.4) is 0 Å². The quantitative estimate of drug-likeness (QED) is 0.271. The third-order valence-electron chi connectivity index (χ3n) is 11.8. The molecule has 0 saturated carbocycles. The Morgan fingerprint density at radius 3 is 2.34 bits per heavy atom. The van der Waals surface area contributed by atoms with Crippen molar-refractivity contribution in [2.45, 2.75) is 141 Å². The van der Waals surface area contributed by atoms with Gasteiger partial charge in [0.2, 0.25) is 0 Å². The van der Waals surface area contributed by atoms with Gasteiger partial charge in [-0.15, -0.1) is 0 Å².